The lowest BCUT2D eigenvalue weighted by Gasteiger charge is -2.14. The summed E-state index contributed by atoms with van der Waals surface area (Å²) in [7, 11) is -3.59. The number of rotatable bonds is 8. The van der Waals surface area contributed by atoms with Crippen molar-refractivity contribution in [3.8, 4) is 0 Å². The number of imidazole rings is 1. The van der Waals surface area contributed by atoms with Gasteiger partial charge >= 0.3 is 0 Å². The van der Waals surface area contributed by atoms with Gasteiger partial charge < -0.3 is 9.88 Å². The van der Waals surface area contributed by atoms with Crippen LogP contribution in [0, 0.1) is 12.8 Å². The molecule has 0 radical (unpaired) electrons. The summed E-state index contributed by atoms with van der Waals surface area (Å²) in [5, 5.41) is 4.62. The second-order valence-corrected chi connectivity index (χ2v) is 9.41. The lowest BCUT2D eigenvalue weighted by molar-refractivity contribution is 0.0947. The van der Waals surface area contributed by atoms with Crippen LogP contribution in [0.4, 0.5) is 5.69 Å². The van der Waals surface area contributed by atoms with Crippen molar-refractivity contribution in [1.82, 2.24) is 14.9 Å². The van der Waals surface area contributed by atoms with Crippen molar-refractivity contribution in [2.45, 2.75) is 24.6 Å². The summed E-state index contributed by atoms with van der Waals surface area (Å²) in [5.74, 6) is 0.995. The number of nitrogens with zero attached hydrogens (tertiary/aromatic N) is 2. The first-order valence-electron chi connectivity index (χ1n) is 8.77. The van der Waals surface area contributed by atoms with Gasteiger partial charge in [-0.2, -0.15) is 0 Å². The molecule has 1 unspecified atom stereocenters. The molecule has 2 heterocycles. The van der Waals surface area contributed by atoms with E-state index in [-0.39, 0.29) is 16.0 Å². The van der Waals surface area contributed by atoms with E-state index in [0.717, 1.165) is 23.7 Å². The maximum absolute atomic E-state index is 12.3. The highest BCUT2D eigenvalue weighted by Crippen LogP contribution is 2.20. The van der Waals surface area contributed by atoms with E-state index in [0.29, 0.717) is 17.8 Å². The van der Waals surface area contributed by atoms with Crippen LogP contribution in [-0.2, 0) is 16.6 Å². The van der Waals surface area contributed by atoms with Crippen molar-refractivity contribution < 1.29 is 13.2 Å². The Morgan fingerprint density at radius 2 is 2.00 bits per heavy atom. The monoisotopic (exact) mass is 418 g/mol. The predicted molar refractivity (Wildman–Crippen MR) is 110 cm³/mol. The minimum atomic E-state index is -3.59. The molecule has 28 heavy (non-hydrogen) atoms. The number of hydrogen-bond acceptors (Lipinski definition) is 5. The fourth-order valence-electron chi connectivity index (χ4n) is 2.68. The van der Waals surface area contributed by atoms with Gasteiger partial charge in [0.15, 0.2) is 0 Å². The third-order valence-corrected chi connectivity index (χ3v) is 6.98. The van der Waals surface area contributed by atoms with E-state index in [4.69, 9.17) is 0 Å². The number of anilines is 1. The average Bonchev–Trinajstić information content (AvgIpc) is 3.33. The van der Waals surface area contributed by atoms with Gasteiger partial charge in [0.25, 0.3) is 15.9 Å². The Morgan fingerprint density at radius 1 is 1.25 bits per heavy atom. The fourth-order valence-corrected chi connectivity index (χ4v) is 4.73. The molecule has 0 bridgehead atoms. The Kier molecular flexibility index (Phi) is 6.15. The first kappa shape index (κ1) is 20.1. The molecule has 3 rings (SSSR count). The molecule has 148 valence electrons. The van der Waals surface area contributed by atoms with Crippen LogP contribution in [0.5, 0.6) is 0 Å². The van der Waals surface area contributed by atoms with Gasteiger partial charge in [0.2, 0.25) is 0 Å². The highest BCUT2D eigenvalue weighted by atomic mass is 32.2. The molecule has 1 amide bonds. The van der Waals surface area contributed by atoms with Gasteiger partial charge in [-0.1, -0.05) is 13.0 Å². The van der Waals surface area contributed by atoms with Crippen molar-refractivity contribution in [1.29, 1.82) is 0 Å². The topological polar surface area (TPSA) is 93.1 Å². The smallest absolute Gasteiger partial charge is 0.271 e. The molecule has 0 aliphatic rings. The van der Waals surface area contributed by atoms with Crippen molar-refractivity contribution in [3.63, 3.8) is 0 Å². The second kappa shape index (κ2) is 8.57. The van der Waals surface area contributed by atoms with Crippen LogP contribution in [0.1, 0.15) is 23.1 Å². The second-order valence-electron chi connectivity index (χ2n) is 6.56. The van der Waals surface area contributed by atoms with Crippen molar-refractivity contribution in [2.24, 2.45) is 5.92 Å². The molecule has 0 fully saturated rings. The van der Waals surface area contributed by atoms with Gasteiger partial charge in [-0.05, 0) is 48.6 Å². The summed E-state index contributed by atoms with van der Waals surface area (Å²) in [6.07, 6.45) is 3.68. The molecule has 2 aromatic heterocycles. The first-order valence-corrected chi connectivity index (χ1v) is 11.1. The first-order chi connectivity index (χ1) is 13.3. The third kappa shape index (κ3) is 4.99. The third-order valence-electron chi connectivity index (χ3n) is 4.20. The number of carbonyl (C=O) groups excluding carboxylic acids is 1. The molecule has 3 aromatic rings. The number of aromatic nitrogens is 2. The van der Waals surface area contributed by atoms with E-state index in [2.05, 4.69) is 21.9 Å². The highest BCUT2D eigenvalue weighted by Gasteiger charge is 2.15. The summed E-state index contributed by atoms with van der Waals surface area (Å²) in [6.45, 7) is 5.31. The largest absolute Gasteiger partial charge is 0.352 e. The summed E-state index contributed by atoms with van der Waals surface area (Å²) < 4.78 is 29.3. The standard InChI is InChI=1S/C19H22N4O3S2/c1-14(13-23-10-9-20-15(23)2)12-21-19(24)16-5-7-17(8-6-16)22-28(25,26)18-4-3-11-27-18/h3-11,14,22H,12-13H2,1-2H3,(H,21,24). The lowest BCUT2D eigenvalue weighted by Crippen LogP contribution is -2.30. The SMILES string of the molecule is Cc1nccn1CC(C)CNC(=O)c1ccc(NS(=O)(=O)c2cccs2)cc1. The number of benzene rings is 1. The summed E-state index contributed by atoms with van der Waals surface area (Å²) in [5.41, 5.74) is 0.888. The molecule has 9 heteroatoms. The van der Waals surface area contributed by atoms with Gasteiger partial charge in [0, 0.05) is 36.7 Å². The number of amides is 1. The molecule has 0 saturated heterocycles. The van der Waals surface area contributed by atoms with E-state index in [9.17, 15) is 13.2 Å². The Bertz CT molecular complexity index is 1030. The summed E-state index contributed by atoms with van der Waals surface area (Å²) in [6, 6.07) is 9.60. The molecule has 0 spiro atoms. The number of carbonyl (C=O) groups is 1. The maximum Gasteiger partial charge on any atom is 0.271 e. The van der Waals surface area contributed by atoms with Crippen LogP contribution in [-0.4, -0.2) is 30.4 Å². The number of sulfonamides is 1. The molecule has 0 aliphatic carbocycles. The Hall–Kier alpha value is -2.65. The van der Waals surface area contributed by atoms with E-state index in [1.165, 1.54) is 0 Å². The van der Waals surface area contributed by atoms with Gasteiger partial charge in [-0.15, -0.1) is 11.3 Å². The van der Waals surface area contributed by atoms with Gasteiger partial charge in [0.1, 0.15) is 10.0 Å². The molecule has 0 aliphatic heterocycles. The van der Waals surface area contributed by atoms with Crippen molar-refractivity contribution in [2.75, 3.05) is 11.3 Å². The van der Waals surface area contributed by atoms with Crippen LogP contribution in [0.15, 0.2) is 58.4 Å². The molecule has 2 N–H and O–H groups in total. The van der Waals surface area contributed by atoms with Crippen LogP contribution < -0.4 is 10.0 Å². The fraction of sp³-hybridized carbons (Fsp3) is 0.263. The minimum absolute atomic E-state index is 0.193. The number of thiophene rings is 1. The van der Waals surface area contributed by atoms with Crippen LogP contribution in [0.2, 0.25) is 0 Å². The van der Waals surface area contributed by atoms with Gasteiger partial charge in [-0.3, -0.25) is 9.52 Å². The van der Waals surface area contributed by atoms with Crippen molar-refractivity contribution in [3.05, 3.63) is 65.6 Å². The normalized spacial score (nSPS) is 12.5. The lowest BCUT2D eigenvalue weighted by atomic mass is 10.1. The zero-order valence-corrected chi connectivity index (χ0v) is 17.3. The van der Waals surface area contributed by atoms with E-state index < -0.39 is 10.0 Å². The number of aryl methyl sites for hydroxylation is 1. The highest BCUT2D eigenvalue weighted by molar-refractivity contribution is 7.94. The molecular formula is C19H22N4O3S2. The molecule has 7 nitrogen and oxygen atoms in total. The Balaban J connectivity index is 1.54. The van der Waals surface area contributed by atoms with E-state index >= 15 is 0 Å². The van der Waals surface area contributed by atoms with Crippen LogP contribution >= 0.6 is 11.3 Å². The quantitative estimate of drug-likeness (QED) is 0.588. The maximum atomic E-state index is 12.3. The zero-order chi connectivity index (χ0) is 20.1. The zero-order valence-electron chi connectivity index (χ0n) is 15.6. The Morgan fingerprint density at radius 3 is 2.61 bits per heavy atom. The van der Waals surface area contributed by atoms with Gasteiger partial charge in [0.05, 0.1) is 0 Å². The minimum Gasteiger partial charge on any atom is -0.352 e. The summed E-state index contributed by atoms with van der Waals surface area (Å²) in [4.78, 5) is 16.5. The molecule has 0 saturated carbocycles. The summed E-state index contributed by atoms with van der Waals surface area (Å²) >= 11 is 1.15. The van der Waals surface area contributed by atoms with E-state index in [1.54, 1.807) is 48.0 Å². The van der Waals surface area contributed by atoms with Crippen LogP contribution in [0.25, 0.3) is 0 Å². The number of hydrogen-bond donors (Lipinski definition) is 2. The Labute approximate surface area is 168 Å². The van der Waals surface area contributed by atoms with E-state index in [1.807, 2.05) is 17.7 Å². The molecular weight excluding hydrogens is 396 g/mol. The predicted octanol–water partition coefficient (Wildman–Crippen LogP) is 3.12. The molecule has 1 aromatic carbocycles. The number of nitrogens with one attached hydrogen (secondary N) is 2. The molecule has 1 atom stereocenters. The van der Waals surface area contributed by atoms with Crippen LogP contribution in [0.3, 0.4) is 0 Å². The van der Waals surface area contributed by atoms with Crippen molar-refractivity contribution >= 4 is 33.0 Å². The van der Waals surface area contributed by atoms with Gasteiger partial charge in [-0.25, -0.2) is 13.4 Å². The average molecular weight is 419 g/mol.